The van der Waals surface area contributed by atoms with E-state index in [0.717, 1.165) is 5.56 Å². The fourth-order valence-corrected chi connectivity index (χ4v) is 1.67. The van der Waals surface area contributed by atoms with Gasteiger partial charge < -0.3 is 9.84 Å². The number of nitrogens with zero attached hydrogens (tertiary/aromatic N) is 2. The maximum Gasteiger partial charge on any atom is 0.165 e. The van der Waals surface area contributed by atoms with Crippen molar-refractivity contribution in [2.45, 2.75) is 20.8 Å². The molecular weight excluding hydrogens is 247 g/mol. The zero-order valence-electron chi connectivity index (χ0n) is 11.7. The van der Waals surface area contributed by atoms with Gasteiger partial charge in [-0.15, -0.1) is 0 Å². The number of halogens is 1. The average molecular weight is 268 g/mol. The van der Waals surface area contributed by atoms with Crippen molar-refractivity contribution in [3.8, 4) is 5.75 Å². The molecule has 1 heterocycles. The van der Waals surface area contributed by atoms with Gasteiger partial charge in [0.2, 0.25) is 0 Å². The van der Waals surface area contributed by atoms with Crippen LogP contribution in [0.3, 0.4) is 0 Å². The van der Waals surface area contributed by atoms with Gasteiger partial charge in [-0.25, -0.2) is 4.39 Å². The summed E-state index contributed by atoms with van der Waals surface area (Å²) in [5.41, 5.74) is 1.15. The number of rotatable bonds is 2. The van der Waals surface area contributed by atoms with Crippen LogP contribution in [-0.4, -0.2) is 42.6 Å². The van der Waals surface area contributed by atoms with Gasteiger partial charge in [-0.2, -0.15) is 5.10 Å². The minimum absolute atomic E-state index is 0.354. The number of hydrogen-bond donors (Lipinski definition) is 1. The lowest BCUT2D eigenvalue weighted by molar-refractivity contribution is 0.0397. The molecule has 1 aliphatic heterocycles. The molecule has 4 nitrogen and oxygen atoms in total. The van der Waals surface area contributed by atoms with Crippen molar-refractivity contribution >= 4 is 6.21 Å². The summed E-state index contributed by atoms with van der Waals surface area (Å²) >= 11 is 0. The molecule has 0 saturated carbocycles. The highest BCUT2D eigenvalue weighted by atomic mass is 19.1. The fraction of sp³-hybridized carbons (Fsp3) is 0.500. The van der Waals surface area contributed by atoms with E-state index in [4.69, 9.17) is 4.74 Å². The smallest absolute Gasteiger partial charge is 0.165 e. The molecule has 1 N–H and O–H groups in total. The third-order valence-corrected chi connectivity index (χ3v) is 2.58. The molecule has 0 amide bonds. The quantitative estimate of drug-likeness (QED) is 0.838. The van der Waals surface area contributed by atoms with E-state index in [9.17, 15) is 9.50 Å². The van der Waals surface area contributed by atoms with Crippen molar-refractivity contribution in [2.75, 3.05) is 26.3 Å². The second-order valence-electron chi connectivity index (χ2n) is 4.00. The zero-order valence-corrected chi connectivity index (χ0v) is 11.7. The highest BCUT2D eigenvalue weighted by Crippen LogP contribution is 2.21. The first-order chi connectivity index (χ1) is 9.16. The molecule has 0 spiro atoms. The summed E-state index contributed by atoms with van der Waals surface area (Å²) in [6.07, 6.45) is 1.48. The van der Waals surface area contributed by atoms with Crippen LogP contribution in [0.5, 0.6) is 5.75 Å². The summed E-state index contributed by atoms with van der Waals surface area (Å²) in [4.78, 5) is 0. The average Bonchev–Trinajstić information content (AvgIpc) is 2.44. The van der Waals surface area contributed by atoms with Crippen LogP contribution in [0, 0.1) is 12.7 Å². The van der Waals surface area contributed by atoms with Gasteiger partial charge in [0.05, 0.1) is 32.5 Å². The first-order valence-corrected chi connectivity index (χ1v) is 6.52. The summed E-state index contributed by atoms with van der Waals surface area (Å²) in [7, 11) is 0. The van der Waals surface area contributed by atoms with Gasteiger partial charge in [0.1, 0.15) is 0 Å². The monoisotopic (exact) mass is 268 g/mol. The predicted octanol–water partition coefficient (Wildman–Crippen LogP) is 2.53. The van der Waals surface area contributed by atoms with Crippen molar-refractivity contribution in [1.29, 1.82) is 0 Å². The van der Waals surface area contributed by atoms with Crippen LogP contribution in [0.2, 0.25) is 0 Å². The van der Waals surface area contributed by atoms with Crippen molar-refractivity contribution in [1.82, 2.24) is 5.01 Å². The highest BCUT2D eigenvalue weighted by Gasteiger charge is 2.09. The Hall–Kier alpha value is -1.62. The Morgan fingerprint density at radius 1 is 1.32 bits per heavy atom. The second kappa shape index (κ2) is 7.74. The molecule has 106 valence electrons. The number of ether oxygens (including phenoxy) is 1. The molecule has 0 aliphatic carbocycles. The zero-order chi connectivity index (χ0) is 14.3. The van der Waals surface area contributed by atoms with E-state index in [-0.39, 0.29) is 5.75 Å². The van der Waals surface area contributed by atoms with Crippen LogP contribution >= 0.6 is 0 Å². The number of aromatic hydroxyl groups is 1. The van der Waals surface area contributed by atoms with E-state index in [1.54, 1.807) is 13.0 Å². The van der Waals surface area contributed by atoms with Gasteiger partial charge in [-0.05, 0) is 24.6 Å². The molecule has 5 heteroatoms. The Balaban J connectivity index is 0.000000861. The van der Waals surface area contributed by atoms with E-state index in [1.807, 2.05) is 18.9 Å². The predicted molar refractivity (Wildman–Crippen MR) is 74.1 cm³/mol. The maximum absolute atomic E-state index is 13.3. The Morgan fingerprint density at radius 3 is 2.58 bits per heavy atom. The van der Waals surface area contributed by atoms with E-state index in [2.05, 4.69) is 5.10 Å². The lowest BCUT2D eigenvalue weighted by atomic mass is 10.1. The van der Waals surface area contributed by atoms with Crippen LogP contribution in [-0.2, 0) is 4.74 Å². The molecule has 1 aliphatic rings. The van der Waals surface area contributed by atoms with E-state index >= 15 is 0 Å². The number of phenolic OH excluding ortho intramolecular Hbond substituents is 1. The maximum atomic E-state index is 13.3. The number of morpholine rings is 1. The summed E-state index contributed by atoms with van der Waals surface area (Å²) in [5.74, 6) is -0.971. The molecule has 1 aromatic rings. The molecule has 1 saturated heterocycles. The number of aryl methyl sites for hydroxylation is 1. The van der Waals surface area contributed by atoms with Crippen LogP contribution in [0.25, 0.3) is 0 Å². The van der Waals surface area contributed by atoms with Gasteiger partial charge in [0.15, 0.2) is 11.6 Å². The summed E-state index contributed by atoms with van der Waals surface area (Å²) in [6.45, 7) is 8.49. The second-order valence-corrected chi connectivity index (χ2v) is 4.00. The molecule has 0 unspecified atom stereocenters. The summed E-state index contributed by atoms with van der Waals surface area (Å²) in [5, 5.41) is 15.6. The van der Waals surface area contributed by atoms with Crippen molar-refractivity contribution in [3.05, 3.63) is 29.1 Å². The van der Waals surface area contributed by atoms with Crippen LogP contribution in [0.4, 0.5) is 4.39 Å². The van der Waals surface area contributed by atoms with E-state index in [1.165, 1.54) is 12.3 Å². The van der Waals surface area contributed by atoms with Gasteiger partial charge in [0.25, 0.3) is 0 Å². The van der Waals surface area contributed by atoms with E-state index < -0.39 is 5.82 Å². The summed E-state index contributed by atoms with van der Waals surface area (Å²) < 4.78 is 18.4. The molecule has 0 aromatic heterocycles. The minimum atomic E-state index is -0.617. The number of benzene rings is 1. The first-order valence-electron chi connectivity index (χ1n) is 6.52. The Kier molecular flexibility index (Phi) is 6.29. The Labute approximate surface area is 113 Å². The van der Waals surface area contributed by atoms with Crippen LogP contribution in [0.15, 0.2) is 17.2 Å². The molecule has 19 heavy (non-hydrogen) atoms. The molecule has 0 radical (unpaired) electrons. The van der Waals surface area contributed by atoms with Crippen molar-refractivity contribution in [2.24, 2.45) is 5.10 Å². The molecule has 1 fully saturated rings. The topological polar surface area (TPSA) is 45.1 Å². The van der Waals surface area contributed by atoms with Gasteiger partial charge in [0, 0.05) is 5.56 Å². The SMILES string of the molecule is CC.Cc1cc(F)c(O)c(/C=N/N2CCOCC2)c1. The Morgan fingerprint density at radius 2 is 1.95 bits per heavy atom. The third kappa shape index (κ3) is 4.52. The lowest BCUT2D eigenvalue weighted by Gasteiger charge is -2.23. The molecule has 1 aromatic carbocycles. The largest absolute Gasteiger partial charge is 0.504 e. The highest BCUT2D eigenvalue weighted by molar-refractivity contribution is 5.83. The van der Waals surface area contributed by atoms with Gasteiger partial charge in [-0.3, -0.25) is 5.01 Å². The number of hydrogen-bond acceptors (Lipinski definition) is 4. The normalized spacial score (nSPS) is 15.3. The minimum Gasteiger partial charge on any atom is -0.504 e. The van der Waals surface area contributed by atoms with Gasteiger partial charge >= 0.3 is 0 Å². The number of hydrazone groups is 1. The fourth-order valence-electron chi connectivity index (χ4n) is 1.67. The molecule has 0 atom stereocenters. The molecule has 0 bridgehead atoms. The Bertz CT molecular complexity index is 430. The number of phenols is 1. The summed E-state index contributed by atoms with van der Waals surface area (Å²) in [6, 6.07) is 2.99. The van der Waals surface area contributed by atoms with E-state index in [0.29, 0.717) is 31.9 Å². The lowest BCUT2D eigenvalue weighted by Crippen LogP contribution is -2.32. The van der Waals surface area contributed by atoms with Crippen LogP contribution in [0.1, 0.15) is 25.0 Å². The van der Waals surface area contributed by atoms with Crippen molar-refractivity contribution < 1.29 is 14.2 Å². The van der Waals surface area contributed by atoms with Gasteiger partial charge in [-0.1, -0.05) is 13.8 Å². The van der Waals surface area contributed by atoms with Crippen molar-refractivity contribution in [3.63, 3.8) is 0 Å². The third-order valence-electron chi connectivity index (χ3n) is 2.58. The molecular formula is C14H21FN2O2. The first kappa shape index (κ1) is 15.4. The standard InChI is InChI=1S/C12H15FN2O2.C2H6/c1-9-6-10(12(16)11(13)7-9)8-14-15-2-4-17-5-3-15;1-2/h6-8,16H,2-5H2,1H3;1-2H3/b14-8+;. The van der Waals surface area contributed by atoms with Crippen LogP contribution < -0.4 is 0 Å². The molecule has 2 rings (SSSR count).